The van der Waals surface area contributed by atoms with Crippen LogP contribution in [-0.4, -0.2) is 38.5 Å². The summed E-state index contributed by atoms with van der Waals surface area (Å²) in [5.41, 5.74) is 1.83. The number of rotatable bonds is 7. The summed E-state index contributed by atoms with van der Waals surface area (Å²) < 4.78 is 24.8. The number of aliphatic hydroxyl groups is 1. The van der Waals surface area contributed by atoms with E-state index in [-0.39, 0.29) is 18.4 Å². The zero-order valence-corrected chi connectivity index (χ0v) is 12.6. The second-order valence-electron chi connectivity index (χ2n) is 4.82. The molecular weight excluding hydrogens is 262 g/mol. The Kier molecular flexibility index (Phi) is 5.97. The number of nitrogens with one attached hydrogen (secondary N) is 1. The van der Waals surface area contributed by atoms with Crippen LogP contribution >= 0.6 is 0 Å². The SMILES string of the molecule is CCNC(CCO)CS(=O)(=O)c1ccc(C)cc1C. The van der Waals surface area contributed by atoms with Crippen molar-refractivity contribution in [2.75, 3.05) is 18.9 Å². The minimum atomic E-state index is -3.32. The van der Waals surface area contributed by atoms with E-state index in [4.69, 9.17) is 5.11 Å². The Bertz CT molecular complexity index is 505. The maximum atomic E-state index is 12.4. The van der Waals surface area contributed by atoms with Gasteiger partial charge in [-0.25, -0.2) is 8.42 Å². The van der Waals surface area contributed by atoms with Crippen LogP contribution in [0.3, 0.4) is 0 Å². The van der Waals surface area contributed by atoms with Crippen molar-refractivity contribution in [1.82, 2.24) is 5.32 Å². The van der Waals surface area contributed by atoms with Crippen molar-refractivity contribution in [2.24, 2.45) is 0 Å². The zero-order chi connectivity index (χ0) is 14.5. The van der Waals surface area contributed by atoms with Crippen LogP contribution in [0.15, 0.2) is 23.1 Å². The molecule has 2 N–H and O–H groups in total. The molecule has 4 nitrogen and oxygen atoms in total. The quantitative estimate of drug-likeness (QED) is 0.795. The standard InChI is InChI=1S/C14H23NO3S/c1-4-15-13(7-8-16)10-19(17,18)14-6-5-11(2)9-12(14)3/h5-6,9,13,15-16H,4,7-8,10H2,1-3H3. The molecule has 0 spiro atoms. The number of hydrogen-bond donors (Lipinski definition) is 2. The average molecular weight is 285 g/mol. The molecule has 5 heteroatoms. The Morgan fingerprint density at radius 1 is 1.32 bits per heavy atom. The second kappa shape index (κ2) is 7.03. The molecule has 0 aliphatic rings. The molecule has 1 aromatic rings. The molecule has 0 saturated carbocycles. The van der Waals surface area contributed by atoms with Crippen LogP contribution in [0.5, 0.6) is 0 Å². The van der Waals surface area contributed by atoms with Crippen molar-refractivity contribution in [1.29, 1.82) is 0 Å². The van der Waals surface area contributed by atoms with Crippen LogP contribution in [-0.2, 0) is 9.84 Å². The predicted molar refractivity (Wildman–Crippen MR) is 77.1 cm³/mol. The molecule has 0 amide bonds. The highest BCUT2D eigenvalue weighted by molar-refractivity contribution is 7.91. The Morgan fingerprint density at radius 3 is 2.53 bits per heavy atom. The monoisotopic (exact) mass is 285 g/mol. The first-order valence-corrected chi connectivity index (χ1v) is 8.20. The van der Waals surface area contributed by atoms with Crippen molar-refractivity contribution in [2.45, 2.75) is 38.1 Å². The van der Waals surface area contributed by atoms with Crippen molar-refractivity contribution in [3.05, 3.63) is 29.3 Å². The summed E-state index contributed by atoms with van der Waals surface area (Å²) in [5, 5.41) is 12.1. The van der Waals surface area contributed by atoms with Gasteiger partial charge in [0.1, 0.15) is 0 Å². The van der Waals surface area contributed by atoms with Crippen molar-refractivity contribution in [3.8, 4) is 0 Å². The van der Waals surface area contributed by atoms with E-state index in [9.17, 15) is 8.42 Å². The number of aliphatic hydroxyl groups excluding tert-OH is 1. The van der Waals surface area contributed by atoms with Crippen LogP contribution < -0.4 is 5.32 Å². The number of benzene rings is 1. The highest BCUT2D eigenvalue weighted by Crippen LogP contribution is 2.19. The van der Waals surface area contributed by atoms with E-state index in [0.29, 0.717) is 17.9 Å². The smallest absolute Gasteiger partial charge is 0.180 e. The Morgan fingerprint density at radius 2 is 2.00 bits per heavy atom. The molecule has 0 aromatic heterocycles. The summed E-state index contributed by atoms with van der Waals surface area (Å²) in [6.45, 7) is 6.35. The Labute approximate surface area is 115 Å². The van der Waals surface area contributed by atoms with Gasteiger partial charge in [-0.2, -0.15) is 0 Å². The van der Waals surface area contributed by atoms with Crippen molar-refractivity contribution >= 4 is 9.84 Å². The lowest BCUT2D eigenvalue weighted by Gasteiger charge is -2.17. The van der Waals surface area contributed by atoms with Crippen LogP contribution in [0.2, 0.25) is 0 Å². The largest absolute Gasteiger partial charge is 0.396 e. The lowest BCUT2D eigenvalue weighted by atomic mass is 10.2. The zero-order valence-electron chi connectivity index (χ0n) is 11.8. The molecule has 0 bridgehead atoms. The van der Waals surface area contributed by atoms with Crippen LogP contribution in [0.4, 0.5) is 0 Å². The molecule has 1 rings (SSSR count). The van der Waals surface area contributed by atoms with Crippen LogP contribution in [0, 0.1) is 13.8 Å². The van der Waals surface area contributed by atoms with Gasteiger partial charge in [0, 0.05) is 12.6 Å². The normalized spacial score (nSPS) is 13.5. The van der Waals surface area contributed by atoms with Gasteiger partial charge in [0.15, 0.2) is 9.84 Å². The molecule has 19 heavy (non-hydrogen) atoms. The van der Waals surface area contributed by atoms with Crippen LogP contribution in [0.1, 0.15) is 24.5 Å². The predicted octanol–water partition coefficient (Wildman–Crippen LogP) is 1.44. The van der Waals surface area contributed by atoms with Gasteiger partial charge in [-0.05, 0) is 38.4 Å². The summed E-state index contributed by atoms with van der Waals surface area (Å²) in [4.78, 5) is 0.388. The van der Waals surface area contributed by atoms with E-state index in [2.05, 4.69) is 5.32 Å². The third-order valence-electron chi connectivity index (χ3n) is 3.06. The van der Waals surface area contributed by atoms with Gasteiger partial charge in [0.05, 0.1) is 10.6 Å². The fourth-order valence-corrected chi connectivity index (χ4v) is 4.01. The van der Waals surface area contributed by atoms with Crippen molar-refractivity contribution < 1.29 is 13.5 Å². The number of aryl methyl sites for hydroxylation is 2. The van der Waals surface area contributed by atoms with Crippen molar-refractivity contribution in [3.63, 3.8) is 0 Å². The van der Waals surface area contributed by atoms with E-state index < -0.39 is 9.84 Å². The molecule has 1 atom stereocenters. The first-order chi connectivity index (χ1) is 8.90. The molecule has 1 unspecified atom stereocenters. The molecule has 0 aliphatic heterocycles. The van der Waals surface area contributed by atoms with E-state index >= 15 is 0 Å². The number of sulfone groups is 1. The third-order valence-corrected chi connectivity index (χ3v) is 5.03. The first-order valence-electron chi connectivity index (χ1n) is 6.55. The maximum Gasteiger partial charge on any atom is 0.180 e. The summed E-state index contributed by atoms with van der Waals surface area (Å²) >= 11 is 0. The molecule has 0 saturated heterocycles. The summed E-state index contributed by atoms with van der Waals surface area (Å²) in [7, 11) is -3.32. The molecular formula is C14H23NO3S. The fourth-order valence-electron chi connectivity index (χ4n) is 2.19. The van der Waals surface area contributed by atoms with E-state index in [1.807, 2.05) is 32.9 Å². The minimum Gasteiger partial charge on any atom is -0.396 e. The third kappa shape index (κ3) is 4.60. The van der Waals surface area contributed by atoms with E-state index in [1.54, 1.807) is 6.07 Å². The van der Waals surface area contributed by atoms with Gasteiger partial charge >= 0.3 is 0 Å². The Hall–Kier alpha value is -0.910. The fraction of sp³-hybridized carbons (Fsp3) is 0.571. The van der Waals surface area contributed by atoms with E-state index in [1.165, 1.54) is 0 Å². The van der Waals surface area contributed by atoms with Gasteiger partial charge in [0.2, 0.25) is 0 Å². The minimum absolute atomic E-state index is 0.0138. The molecule has 0 aliphatic carbocycles. The lowest BCUT2D eigenvalue weighted by molar-refractivity contribution is 0.270. The molecule has 0 heterocycles. The lowest BCUT2D eigenvalue weighted by Crippen LogP contribution is -2.36. The molecule has 1 aromatic carbocycles. The second-order valence-corrected chi connectivity index (χ2v) is 6.82. The summed E-state index contributed by atoms with van der Waals surface area (Å²) in [5.74, 6) is 0.0191. The maximum absolute atomic E-state index is 12.4. The highest BCUT2D eigenvalue weighted by Gasteiger charge is 2.22. The average Bonchev–Trinajstić information content (AvgIpc) is 2.28. The summed E-state index contributed by atoms with van der Waals surface area (Å²) in [6, 6.07) is 5.15. The topological polar surface area (TPSA) is 66.4 Å². The van der Waals surface area contributed by atoms with Crippen LogP contribution in [0.25, 0.3) is 0 Å². The summed E-state index contributed by atoms with van der Waals surface area (Å²) in [6.07, 6.45) is 0.442. The van der Waals surface area contributed by atoms with Gasteiger partial charge in [-0.15, -0.1) is 0 Å². The molecule has 108 valence electrons. The number of hydrogen-bond acceptors (Lipinski definition) is 4. The molecule has 0 radical (unpaired) electrons. The highest BCUT2D eigenvalue weighted by atomic mass is 32.2. The first kappa shape index (κ1) is 16.1. The molecule has 0 fully saturated rings. The van der Waals surface area contributed by atoms with E-state index in [0.717, 1.165) is 11.1 Å². The van der Waals surface area contributed by atoms with Gasteiger partial charge in [0.25, 0.3) is 0 Å². The Balaban J connectivity index is 2.96. The van der Waals surface area contributed by atoms with Gasteiger partial charge in [-0.3, -0.25) is 0 Å². The van der Waals surface area contributed by atoms with Gasteiger partial charge in [-0.1, -0.05) is 24.6 Å². The van der Waals surface area contributed by atoms with Gasteiger partial charge < -0.3 is 10.4 Å².